The van der Waals surface area contributed by atoms with Gasteiger partial charge in [0, 0.05) is 15.8 Å². The first kappa shape index (κ1) is 20.1. The molecule has 0 saturated carbocycles. The monoisotopic (exact) mass is 439 g/mol. The van der Waals surface area contributed by atoms with Crippen LogP contribution < -0.4 is 5.32 Å². The summed E-state index contributed by atoms with van der Waals surface area (Å²) in [7, 11) is 0. The molecule has 6 nitrogen and oxygen atoms in total. The van der Waals surface area contributed by atoms with Crippen molar-refractivity contribution in [1.82, 2.24) is 0 Å². The second-order valence-corrected chi connectivity index (χ2v) is 7.11. The number of hydrogen-bond acceptors (Lipinski definition) is 6. The van der Waals surface area contributed by atoms with Gasteiger partial charge in [0.1, 0.15) is 4.88 Å². The Morgan fingerprint density at radius 2 is 1.81 bits per heavy atom. The third kappa shape index (κ3) is 5.40. The van der Waals surface area contributed by atoms with Gasteiger partial charge >= 0.3 is 11.9 Å². The van der Waals surface area contributed by atoms with Crippen molar-refractivity contribution < 1.29 is 23.9 Å². The zero-order valence-corrected chi connectivity index (χ0v) is 16.7. The molecule has 138 valence electrons. The van der Waals surface area contributed by atoms with Crippen LogP contribution in [0.4, 0.5) is 5.69 Å². The summed E-state index contributed by atoms with van der Waals surface area (Å²) in [6.07, 6.45) is 0.188. The summed E-state index contributed by atoms with van der Waals surface area (Å²) in [4.78, 5) is 36.5. The number of thiophene rings is 1. The van der Waals surface area contributed by atoms with Crippen LogP contribution in [0.1, 0.15) is 29.9 Å². The number of carbonyl (C=O) groups is 3. The molecule has 0 unspecified atom stereocenters. The number of hydrogen-bond donors (Lipinski definition) is 1. The second-order valence-electron chi connectivity index (χ2n) is 5.14. The molecule has 0 spiro atoms. The van der Waals surface area contributed by atoms with Crippen molar-refractivity contribution in [2.45, 2.75) is 20.3 Å². The van der Waals surface area contributed by atoms with Gasteiger partial charge in [-0.05, 0) is 30.7 Å². The number of carbonyl (C=O) groups excluding carboxylic acids is 3. The lowest BCUT2D eigenvalue weighted by molar-refractivity contribution is -0.146. The summed E-state index contributed by atoms with van der Waals surface area (Å²) in [6, 6.07) is 9.29. The highest BCUT2D eigenvalue weighted by Crippen LogP contribution is 2.35. The molecule has 2 rings (SSSR count). The number of nitrogens with one attached hydrogen (secondary N) is 1. The number of amides is 1. The Bertz CT molecular complexity index is 800. The fourth-order valence-corrected chi connectivity index (χ4v) is 3.30. The highest BCUT2D eigenvalue weighted by atomic mass is 79.9. The number of ether oxygens (including phenoxy) is 2. The molecule has 1 aromatic carbocycles. The van der Waals surface area contributed by atoms with Gasteiger partial charge < -0.3 is 14.8 Å². The van der Waals surface area contributed by atoms with E-state index in [0.29, 0.717) is 10.6 Å². The summed E-state index contributed by atoms with van der Waals surface area (Å²) >= 11 is 4.60. The second kappa shape index (κ2) is 9.49. The van der Waals surface area contributed by atoms with Crippen molar-refractivity contribution in [3.63, 3.8) is 0 Å². The maximum absolute atomic E-state index is 12.2. The van der Waals surface area contributed by atoms with Crippen molar-refractivity contribution in [1.29, 1.82) is 0 Å². The topological polar surface area (TPSA) is 81.7 Å². The van der Waals surface area contributed by atoms with Gasteiger partial charge in [-0.15, -0.1) is 11.3 Å². The van der Waals surface area contributed by atoms with Crippen LogP contribution in [0.5, 0.6) is 0 Å². The van der Waals surface area contributed by atoms with Crippen molar-refractivity contribution in [2.24, 2.45) is 0 Å². The first-order chi connectivity index (χ1) is 12.4. The predicted octanol–water partition coefficient (Wildman–Crippen LogP) is 4.25. The summed E-state index contributed by atoms with van der Waals surface area (Å²) in [5.74, 6) is -1.49. The lowest BCUT2D eigenvalue weighted by Gasteiger charge is -2.06. The molecule has 0 saturated heterocycles. The Hall–Kier alpha value is -2.19. The maximum atomic E-state index is 12.2. The van der Waals surface area contributed by atoms with Crippen LogP contribution in [-0.2, 0) is 19.1 Å². The number of rotatable bonds is 7. The largest absolute Gasteiger partial charge is 0.462 e. The minimum absolute atomic E-state index is 0.188. The molecule has 2 aromatic rings. The summed E-state index contributed by atoms with van der Waals surface area (Å²) in [5, 5.41) is 2.62. The van der Waals surface area contributed by atoms with E-state index in [2.05, 4.69) is 21.2 Å². The highest BCUT2D eigenvalue weighted by molar-refractivity contribution is 9.10. The Balaban J connectivity index is 2.24. The van der Waals surface area contributed by atoms with Crippen LogP contribution in [0.25, 0.3) is 10.4 Å². The van der Waals surface area contributed by atoms with Gasteiger partial charge in [0.05, 0.1) is 12.3 Å². The number of halogens is 1. The standard InChI is InChI=1S/C18H18BrNO5S/c1-3-16(22)25-10-15(21)20-13-9-14(11-5-7-12(19)8-6-11)26-17(13)18(23)24-4-2/h5-9H,3-4,10H2,1-2H3,(H,20,21). The van der Waals surface area contributed by atoms with E-state index in [1.165, 1.54) is 11.3 Å². The first-order valence-corrected chi connectivity index (χ1v) is 9.57. The summed E-state index contributed by atoms with van der Waals surface area (Å²) < 4.78 is 10.8. The third-order valence-corrected chi connectivity index (χ3v) is 4.94. The molecule has 1 aromatic heterocycles. The lowest BCUT2D eigenvalue weighted by atomic mass is 10.2. The molecule has 0 atom stereocenters. The van der Waals surface area contributed by atoms with E-state index >= 15 is 0 Å². The van der Waals surface area contributed by atoms with Crippen molar-refractivity contribution in [2.75, 3.05) is 18.5 Å². The quantitative estimate of drug-likeness (QED) is 0.652. The molecule has 1 amide bonds. The van der Waals surface area contributed by atoms with Crippen molar-refractivity contribution in [3.8, 4) is 10.4 Å². The molecule has 26 heavy (non-hydrogen) atoms. The smallest absolute Gasteiger partial charge is 0.350 e. The maximum Gasteiger partial charge on any atom is 0.350 e. The van der Waals surface area contributed by atoms with Gasteiger partial charge in [-0.25, -0.2) is 4.79 Å². The predicted molar refractivity (Wildman–Crippen MR) is 103 cm³/mol. The van der Waals surface area contributed by atoms with E-state index < -0.39 is 24.5 Å². The molecular weight excluding hydrogens is 422 g/mol. The van der Waals surface area contributed by atoms with Crippen LogP contribution in [0.2, 0.25) is 0 Å². The fourth-order valence-electron chi connectivity index (χ4n) is 2.02. The molecule has 0 radical (unpaired) electrons. The number of esters is 2. The van der Waals surface area contributed by atoms with Gasteiger partial charge in [-0.2, -0.15) is 0 Å². The highest BCUT2D eigenvalue weighted by Gasteiger charge is 2.20. The third-order valence-electron chi connectivity index (χ3n) is 3.25. The lowest BCUT2D eigenvalue weighted by Crippen LogP contribution is -2.21. The normalized spacial score (nSPS) is 10.3. The van der Waals surface area contributed by atoms with Gasteiger partial charge in [0.2, 0.25) is 0 Å². The minimum atomic E-state index is -0.516. The van der Waals surface area contributed by atoms with Crippen LogP contribution in [-0.4, -0.2) is 31.1 Å². The molecule has 0 aliphatic heterocycles. The molecule has 0 aliphatic rings. The molecule has 0 fully saturated rings. The number of anilines is 1. The first-order valence-electron chi connectivity index (χ1n) is 7.97. The van der Waals surface area contributed by atoms with Gasteiger partial charge in [-0.1, -0.05) is 35.0 Å². The molecule has 0 bridgehead atoms. The summed E-state index contributed by atoms with van der Waals surface area (Å²) in [6.45, 7) is 3.18. The summed E-state index contributed by atoms with van der Waals surface area (Å²) in [5.41, 5.74) is 1.24. The molecule has 0 aliphatic carbocycles. The Kier molecular flexibility index (Phi) is 7.35. The Labute approximate surface area is 163 Å². The van der Waals surface area contributed by atoms with E-state index in [0.717, 1.165) is 14.9 Å². The van der Waals surface area contributed by atoms with E-state index in [4.69, 9.17) is 9.47 Å². The molecule has 8 heteroatoms. The van der Waals surface area contributed by atoms with Crippen LogP contribution >= 0.6 is 27.3 Å². The Morgan fingerprint density at radius 1 is 1.12 bits per heavy atom. The van der Waals surface area contributed by atoms with E-state index in [1.807, 2.05) is 24.3 Å². The van der Waals surface area contributed by atoms with Gasteiger partial charge in [-0.3, -0.25) is 9.59 Å². The van der Waals surface area contributed by atoms with Crippen molar-refractivity contribution in [3.05, 3.63) is 39.7 Å². The average Bonchev–Trinajstić information content (AvgIpc) is 3.04. The zero-order chi connectivity index (χ0) is 19.1. The van der Waals surface area contributed by atoms with Crippen molar-refractivity contribution >= 4 is 50.8 Å². The SMILES string of the molecule is CCOC(=O)c1sc(-c2ccc(Br)cc2)cc1NC(=O)COC(=O)CC. The number of benzene rings is 1. The zero-order valence-electron chi connectivity index (χ0n) is 14.3. The minimum Gasteiger partial charge on any atom is -0.462 e. The average molecular weight is 440 g/mol. The van der Waals surface area contributed by atoms with E-state index in [9.17, 15) is 14.4 Å². The fraction of sp³-hybridized carbons (Fsp3) is 0.278. The molecule has 1 heterocycles. The van der Waals surface area contributed by atoms with E-state index in [1.54, 1.807) is 19.9 Å². The molecular formula is C18H18BrNO5S. The molecule has 1 N–H and O–H groups in total. The van der Waals surface area contributed by atoms with Gasteiger partial charge in [0.25, 0.3) is 5.91 Å². The van der Waals surface area contributed by atoms with Crippen LogP contribution in [0, 0.1) is 0 Å². The van der Waals surface area contributed by atoms with E-state index in [-0.39, 0.29) is 13.0 Å². The van der Waals surface area contributed by atoms with Crippen LogP contribution in [0.3, 0.4) is 0 Å². The van der Waals surface area contributed by atoms with Crippen LogP contribution in [0.15, 0.2) is 34.8 Å². The Morgan fingerprint density at radius 3 is 2.42 bits per heavy atom. The van der Waals surface area contributed by atoms with Gasteiger partial charge in [0.15, 0.2) is 6.61 Å².